The highest BCUT2D eigenvalue weighted by atomic mass is 16.6. The first-order chi connectivity index (χ1) is 14.1. The Kier molecular flexibility index (Phi) is 6.17. The predicted octanol–water partition coefficient (Wildman–Crippen LogP) is 5.92. The maximum absolute atomic E-state index is 13.1. The summed E-state index contributed by atoms with van der Waals surface area (Å²) in [4.78, 5) is 25.5. The lowest BCUT2D eigenvalue weighted by atomic mass is 10.0. The van der Waals surface area contributed by atoms with Crippen molar-refractivity contribution >= 4 is 12.2 Å². The predicted molar refractivity (Wildman–Crippen MR) is 113 cm³/mol. The minimum absolute atomic E-state index is 0.378. The van der Waals surface area contributed by atoms with Crippen LogP contribution in [0.3, 0.4) is 0 Å². The van der Waals surface area contributed by atoms with Gasteiger partial charge in [-0.15, -0.1) is 4.48 Å². The number of ether oxygens (including phenoxy) is 2. The van der Waals surface area contributed by atoms with E-state index in [0.717, 1.165) is 11.1 Å². The van der Waals surface area contributed by atoms with E-state index in [9.17, 15) is 14.7 Å². The number of imide groups is 1. The van der Waals surface area contributed by atoms with E-state index in [1.165, 1.54) is 0 Å². The zero-order valence-corrected chi connectivity index (χ0v) is 18.0. The van der Waals surface area contributed by atoms with E-state index in [4.69, 9.17) is 9.47 Å². The summed E-state index contributed by atoms with van der Waals surface area (Å²) in [6, 6.07) is 16.3. The normalized spacial score (nSPS) is 23.7. The van der Waals surface area contributed by atoms with Gasteiger partial charge >= 0.3 is 12.2 Å². The van der Waals surface area contributed by atoms with E-state index in [0.29, 0.717) is 25.2 Å². The number of carbonyl (C=O) groups excluding carboxylic acids is 1. The van der Waals surface area contributed by atoms with Crippen LogP contribution in [-0.2, 0) is 11.3 Å². The first-order valence-corrected chi connectivity index (χ1v) is 10.3. The lowest BCUT2D eigenvalue weighted by molar-refractivity contribution is -0.827. The molecule has 2 aromatic rings. The molecular formula is C24H30NO5+. The molecule has 1 aliphatic rings. The Hall–Kier alpha value is -2.86. The molecule has 6 heteroatoms. The third kappa shape index (κ3) is 4.33. The van der Waals surface area contributed by atoms with Crippen LogP contribution in [0.25, 0.3) is 0 Å². The zero-order chi connectivity index (χ0) is 21.9. The molecule has 0 bridgehead atoms. The minimum Gasteiger partial charge on any atom is -0.489 e. The lowest BCUT2D eigenvalue weighted by Gasteiger charge is -2.36. The Morgan fingerprint density at radius 1 is 1.03 bits per heavy atom. The molecule has 0 radical (unpaired) electrons. The summed E-state index contributed by atoms with van der Waals surface area (Å²) in [5.41, 5.74) is 1.09. The average molecular weight is 413 g/mol. The number of hydrogen-bond donors (Lipinski definition) is 1. The van der Waals surface area contributed by atoms with Crippen LogP contribution in [0.1, 0.15) is 57.7 Å². The Morgan fingerprint density at radius 3 is 2.23 bits per heavy atom. The van der Waals surface area contributed by atoms with Gasteiger partial charge in [-0.2, -0.15) is 9.59 Å². The molecule has 2 amide bonds. The molecule has 2 aromatic carbocycles. The fourth-order valence-electron chi connectivity index (χ4n) is 4.09. The summed E-state index contributed by atoms with van der Waals surface area (Å²) in [5.74, 6) is 0.694. The Labute approximate surface area is 177 Å². The number of hydrogen-bond acceptors (Lipinski definition) is 4. The molecule has 0 saturated carbocycles. The van der Waals surface area contributed by atoms with Crippen molar-refractivity contribution in [1.82, 2.24) is 0 Å². The van der Waals surface area contributed by atoms with Crippen LogP contribution in [-0.4, -0.2) is 33.4 Å². The summed E-state index contributed by atoms with van der Waals surface area (Å²) in [7, 11) is 0. The van der Waals surface area contributed by atoms with Crippen LogP contribution in [0.5, 0.6) is 5.75 Å². The fourth-order valence-corrected chi connectivity index (χ4v) is 4.09. The SMILES string of the molecule is CC1CC[C@@H](c2ccc(OCc3ccccc3)cc2)[N+]1(C(=O)O)C(=O)OC(C)(C)C. The lowest BCUT2D eigenvalue weighted by Crippen LogP contribution is -2.60. The number of carboxylic acid groups (broad SMARTS) is 1. The van der Waals surface area contributed by atoms with E-state index < -0.39 is 28.3 Å². The molecule has 1 fully saturated rings. The molecule has 30 heavy (non-hydrogen) atoms. The van der Waals surface area contributed by atoms with Crippen LogP contribution in [0.15, 0.2) is 54.6 Å². The van der Waals surface area contributed by atoms with Gasteiger partial charge in [0.15, 0.2) is 0 Å². The standard InChI is InChI=1S/C24H29NO5/c1-17-10-15-21(25(17,22(26)27)23(28)30-24(2,3)4)19-11-13-20(14-12-19)29-16-18-8-6-5-7-9-18/h5-9,11-14,17,21H,10,15-16H2,1-4H3/p+1/t17?,21-,25?/m0/s1. The monoisotopic (exact) mass is 412 g/mol. The molecule has 1 aliphatic heterocycles. The number of benzene rings is 2. The number of likely N-dealkylation sites (tertiary alicyclic amines) is 1. The third-order valence-electron chi connectivity index (χ3n) is 5.57. The second-order valence-corrected chi connectivity index (χ2v) is 8.83. The quantitative estimate of drug-likeness (QED) is 0.631. The van der Waals surface area contributed by atoms with Gasteiger partial charge in [0.2, 0.25) is 0 Å². The van der Waals surface area contributed by atoms with Crippen molar-refractivity contribution in [3.05, 3.63) is 65.7 Å². The van der Waals surface area contributed by atoms with Crippen molar-refractivity contribution in [2.45, 2.75) is 64.8 Å². The van der Waals surface area contributed by atoms with Crippen LogP contribution >= 0.6 is 0 Å². The van der Waals surface area contributed by atoms with Crippen LogP contribution in [0, 0.1) is 0 Å². The van der Waals surface area contributed by atoms with Crippen molar-refractivity contribution in [2.75, 3.05) is 0 Å². The molecule has 160 valence electrons. The molecule has 6 nitrogen and oxygen atoms in total. The fraction of sp³-hybridized carbons (Fsp3) is 0.417. The first-order valence-electron chi connectivity index (χ1n) is 10.3. The van der Waals surface area contributed by atoms with Gasteiger partial charge in [-0.3, -0.25) is 0 Å². The number of quaternary nitrogens is 1. The molecule has 0 spiro atoms. The molecule has 1 N–H and O–H groups in total. The summed E-state index contributed by atoms with van der Waals surface area (Å²) in [6.07, 6.45) is -0.669. The van der Waals surface area contributed by atoms with E-state index in [2.05, 4.69) is 0 Å². The smallest absolute Gasteiger partial charge is 0.489 e. The van der Waals surface area contributed by atoms with Crippen molar-refractivity contribution in [3.8, 4) is 5.75 Å². The maximum Gasteiger partial charge on any atom is 0.527 e. The van der Waals surface area contributed by atoms with Gasteiger partial charge in [-0.05, 0) is 57.5 Å². The molecule has 1 saturated heterocycles. The van der Waals surface area contributed by atoms with Gasteiger partial charge in [0.25, 0.3) is 0 Å². The number of rotatable bonds is 4. The number of carbonyl (C=O) groups is 2. The molecule has 3 rings (SSSR count). The van der Waals surface area contributed by atoms with E-state index >= 15 is 0 Å². The van der Waals surface area contributed by atoms with E-state index in [1.54, 1.807) is 27.7 Å². The average Bonchev–Trinajstić information content (AvgIpc) is 3.04. The van der Waals surface area contributed by atoms with Crippen LogP contribution in [0.2, 0.25) is 0 Å². The second kappa shape index (κ2) is 8.48. The van der Waals surface area contributed by atoms with Gasteiger partial charge in [-0.1, -0.05) is 30.3 Å². The van der Waals surface area contributed by atoms with Crippen molar-refractivity contribution < 1.29 is 28.7 Å². The van der Waals surface area contributed by atoms with E-state index in [1.807, 2.05) is 54.6 Å². The van der Waals surface area contributed by atoms with Gasteiger partial charge in [0.05, 0.1) is 0 Å². The van der Waals surface area contributed by atoms with Gasteiger partial charge in [-0.25, -0.2) is 0 Å². The largest absolute Gasteiger partial charge is 0.527 e. The third-order valence-corrected chi connectivity index (χ3v) is 5.57. The highest BCUT2D eigenvalue weighted by molar-refractivity contribution is 5.76. The number of nitrogens with zero attached hydrogens (tertiary/aromatic N) is 1. The van der Waals surface area contributed by atoms with E-state index in [-0.39, 0.29) is 6.04 Å². The van der Waals surface area contributed by atoms with Gasteiger partial charge in [0, 0.05) is 18.4 Å². The van der Waals surface area contributed by atoms with Crippen molar-refractivity contribution in [3.63, 3.8) is 0 Å². The maximum atomic E-state index is 13.1. The highest BCUT2D eigenvalue weighted by Gasteiger charge is 2.62. The second-order valence-electron chi connectivity index (χ2n) is 8.83. The Morgan fingerprint density at radius 2 is 1.67 bits per heavy atom. The number of amides is 2. The van der Waals surface area contributed by atoms with Gasteiger partial charge < -0.3 is 14.6 Å². The summed E-state index contributed by atoms with van der Waals surface area (Å²) >= 11 is 0. The van der Waals surface area contributed by atoms with Gasteiger partial charge in [0.1, 0.15) is 30.0 Å². The topological polar surface area (TPSA) is 72.8 Å². The van der Waals surface area contributed by atoms with Crippen LogP contribution in [0.4, 0.5) is 9.59 Å². The first kappa shape index (κ1) is 21.8. The summed E-state index contributed by atoms with van der Waals surface area (Å²) in [6.45, 7) is 7.50. The molecule has 3 atom stereocenters. The molecule has 2 unspecified atom stereocenters. The molecule has 0 aromatic heterocycles. The molecular weight excluding hydrogens is 382 g/mol. The van der Waals surface area contributed by atoms with Crippen molar-refractivity contribution in [1.29, 1.82) is 0 Å². The minimum atomic E-state index is -1.18. The summed E-state index contributed by atoms with van der Waals surface area (Å²) < 4.78 is 10.6. The molecule has 0 aliphatic carbocycles. The van der Waals surface area contributed by atoms with Crippen molar-refractivity contribution in [2.24, 2.45) is 0 Å². The highest BCUT2D eigenvalue weighted by Crippen LogP contribution is 2.45. The molecule has 1 heterocycles. The Balaban J connectivity index is 1.83. The van der Waals surface area contributed by atoms with Crippen LogP contribution < -0.4 is 4.74 Å². The zero-order valence-electron chi connectivity index (χ0n) is 18.0. The Bertz CT molecular complexity index is 888. The summed E-state index contributed by atoms with van der Waals surface area (Å²) in [5, 5.41) is 10.1.